The summed E-state index contributed by atoms with van der Waals surface area (Å²) in [6.07, 6.45) is 5.31. The molecular formula is C15H16N6O2S. The van der Waals surface area contributed by atoms with Crippen LogP contribution in [0.25, 0.3) is 11.2 Å². The Morgan fingerprint density at radius 2 is 2.17 bits per heavy atom. The number of nitrogens with zero attached hydrogens (tertiary/aromatic N) is 4. The van der Waals surface area contributed by atoms with Crippen LogP contribution in [0.1, 0.15) is 0 Å². The van der Waals surface area contributed by atoms with Crippen LogP contribution in [-0.4, -0.2) is 38.1 Å². The van der Waals surface area contributed by atoms with E-state index in [0.717, 1.165) is 22.2 Å². The predicted molar refractivity (Wildman–Crippen MR) is 90.8 cm³/mol. The van der Waals surface area contributed by atoms with Crippen LogP contribution < -0.4 is 11.5 Å². The van der Waals surface area contributed by atoms with Crippen LogP contribution in [0.5, 0.6) is 0 Å². The predicted octanol–water partition coefficient (Wildman–Crippen LogP) is 1.17. The van der Waals surface area contributed by atoms with Crippen molar-refractivity contribution >= 4 is 28.7 Å². The van der Waals surface area contributed by atoms with E-state index in [-0.39, 0.29) is 12.0 Å². The first-order valence-electron chi connectivity index (χ1n) is 7.39. The van der Waals surface area contributed by atoms with Gasteiger partial charge in [-0.15, -0.1) is 0 Å². The molecule has 2 aromatic rings. The molecule has 124 valence electrons. The minimum atomic E-state index is -0.0204. The Bertz CT molecular complexity index is 887. The SMILES string of the molecule is C=C1C=C2OCOC2=CC1Sc1nc2c(N)ncnc2n1CCN. The Labute approximate surface area is 142 Å². The molecule has 0 saturated carbocycles. The molecule has 2 aliphatic rings. The Balaban J connectivity index is 1.72. The monoisotopic (exact) mass is 344 g/mol. The van der Waals surface area contributed by atoms with E-state index in [9.17, 15) is 0 Å². The number of anilines is 1. The largest absolute Gasteiger partial charge is 0.454 e. The zero-order valence-electron chi connectivity index (χ0n) is 12.8. The van der Waals surface area contributed by atoms with Crippen molar-refractivity contribution in [1.82, 2.24) is 19.5 Å². The summed E-state index contributed by atoms with van der Waals surface area (Å²) in [5.74, 6) is 1.82. The van der Waals surface area contributed by atoms with Gasteiger partial charge in [-0.2, -0.15) is 0 Å². The molecule has 0 bridgehead atoms. The lowest BCUT2D eigenvalue weighted by Gasteiger charge is -2.17. The molecule has 2 aromatic heterocycles. The molecule has 0 spiro atoms. The molecule has 0 radical (unpaired) electrons. The molecular weight excluding hydrogens is 328 g/mol. The fourth-order valence-electron chi connectivity index (χ4n) is 2.61. The van der Waals surface area contributed by atoms with Crippen molar-refractivity contribution < 1.29 is 9.47 Å². The summed E-state index contributed by atoms with van der Waals surface area (Å²) in [6.45, 7) is 5.40. The van der Waals surface area contributed by atoms with Crippen molar-refractivity contribution in [3.05, 3.63) is 42.1 Å². The van der Waals surface area contributed by atoms with Crippen molar-refractivity contribution in [3.8, 4) is 0 Å². The molecule has 0 aromatic carbocycles. The van der Waals surface area contributed by atoms with Gasteiger partial charge in [0, 0.05) is 13.1 Å². The highest BCUT2D eigenvalue weighted by atomic mass is 32.2. The number of allylic oxidation sites excluding steroid dienone is 1. The van der Waals surface area contributed by atoms with E-state index in [1.54, 1.807) is 0 Å². The molecule has 1 aliphatic heterocycles. The summed E-state index contributed by atoms with van der Waals surface area (Å²) in [6, 6.07) is 0. The Morgan fingerprint density at radius 1 is 1.33 bits per heavy atom. The lowest BCUT2D eigenvalue weighted by Crippen LogP contribution is -2.13. The number of nitrogens with two attached hydrogens (primary N) is 2. The number of aromatic nitrogens is 4. The van der Waals surface area contributed by atoms with Crippen molar-refractivity contribution in [2.24, 2.45) is 5.73 Å². The third-order valence-electron chi connectivity index (χ3n) is 3.77. The maximum absolute atomic E-state index is 5.92. The third-order valence-corrected chi connectivity index (χ3v) is 4.98. The molecule has 24 heavy (non-hydrogen) atoms. The normalized spacial score (nSPS) is 19.5. The van der Waals surface area contributed by atoms with Crippen LogP contribution in [0.2, 0.25) is 0 Å². The van der Waals surface area contributed by atoms with Crippen LogP contribution in [0.4, 0.5) is 5.82 Å². The molecule has 1 unspecified atom stereocenters. The first kappa shape index (κ1) is 15.0. The summed E-state index contributed by atoms with van der Waals surface area (Å²) in [5, 5.41) is 0.745. The topological polar surface area (TPSA) is 114 Å². The second kappa shape index (κ2) is 5.84. The van der Waals surface area contributed by atoms with Gasteiger partial charge in [0.1, 0.15) is 6.33 Å². The van der Waals surface area contributed by atoms with E-state index in [1.165, 1.54) is 18.1 Å². The first-order valence-corrected chi connectivity index (χ1v) is 8.27. The standard InChI is InChI=1S/C15H16N6O2S/c1-8-4-9-10(23-7-22-9)5-11(8)24-15-20-12-13(17)18-6-19-14(12)21(15)3-2-16/h4-6,11H,1-3,7,16H2,(H2,17,18,19). The average Bonchev–Trinajstić information content (AvgIpc) is 3.14. The highest BCUT2D eigenvalue weighted by Crippen LogP contribution is 2.37. The zero-order valence-corrected chi connectivity index (χ0v) is 13.6. The van der Waals surface area contributed by atoms with E-state index in [2.05, 4.69) is 21.5 Å². The maximum Gasteiger partial charge on any atom is 0.231 e. The molecule has 0 amide bonds. The molecule has 1 atom stereocenters. The number of hydrogen-bond acceptors (Lipinski definition) is 8. The number of hydrogen-bond donors (Lipinski definition) is 2. The summed E-state index contributed by atoms with van der Waals surface area (Å²) in [7, 11) is 0. The van der Waals surface area contributed by atoms with E-state index < -0.39 is 0 Å². The van der Waals surface area contributed by atoms with Gasteiger partial charge in [0.25, 0.3) is 0 Å². The number of ether oxygens (including phenoxy) is 2. The quantitative estimate of drug-likeness (QED) is 0.849. The average molecular weight is 344 g/mol. The van der Waals surface area contributed by atoms with Gasteiger partial charge in [0.2, 0.25) is 6.79 Å². The Hall–Kier alpha value is -2.52. The highest BCUT2D eigenvalue weighted by Gasteiger charge is 2.27. The van der Waals surface area contributed by atoms with Gasteiger partial charge in [-0.25, -0.2) is 15.0 Å². The number of thioether (sulfide) groups is 1. The van der Waals surface area contributed by atoms with Gasteiger partial charge in [0.05, 0.1) is 5.25 Å². The van der Waals surface area contributed by atoms with Crippen molar-refractivity contribution in [1.29, 1.82) is 0 Å². The van der Waals surface area contributed by atoms with Gasteiger partial charge >= 0.3 is 0 Å². The number of rotatable bonds is 4. The molecule has 1 aliphatic carbocycles. The summed E-state index contributed by atoms with van der Waals surface area (Å²) in [4.78, 5) is 12.9. The summed E-state index contributed by atoms with van der Waals surface area (Å²) in [5.41, 5.74) is 13.8. The third kappa shape index (κ3) is 2.42. The zero-order chi connectivity index (χ0) is 16.7. The highest BCUT2D eigenvalue weighted by molar-refractivity contribution is 8.00. The lowest BCUT2D eigenvalue weighted by molar-refractivity contribution is 0.0978. The van der Waals surface area contributed by atoms with Crippen LogP contribution in [-0.2, 0) is 16.0 Å². The first-order chi connectivity index (χ1) is 11.7. The molecule has 4 rings (SSSR count). The minimum Gasteiger partial charge on any atom is -0.454 e. The van der Waals surface area contributed by atoms with E-state index in [0.29, 0.717) is 30.1 Å². The molecule has 1 saturated heterocycles. The van der Waals surface area contributed by atoms with Crippen LogP contribution in [0.15, 0.2) is 47.3 Å². The lowest BCUT2D eigenvalue weighted by atomic mass is 10.1. The van der Waals surface area contributed by atoms with E-state index in [4.69, 9.17) is 20.9 Å². The van der Waals surface area contributed by atoms with Crippen molar-refractivity contribution in [2.45, 2.75) is 17.0 Å². The summed E-state index contributed by atoms with van der Waals surface area (Å²) < 4.78 is 12.8. The van der Waals surface area contributed by atoms with Gasteiger partial charge in [-0.1, -0.05) is 18.3 Å². The second-order valence-electron chi connectivity index (χ2n) is 5.33. The Kier molecular flexibility index (Phi) is 3.66. The van der Waals surface area contributed by atoms with Gasteiger partial charge in [-0.05, 0) is 17.7 Å². The smallest absolute Gasteiger partial charge is 0.231 e. The van der Waals surface area contributed by atoms with E-state index >= 15 is 0 Å². The fraction of sp³-hybridized carbons (Fsp3) is 0.267. The van der Waals surface area contributed by atoms with Crippen molar-refractivity contribution in [3.63, 3.8) is 0 Å². The number of nitrogen functional groups attached to an aromatic ring is 1. The van der Waals surface area contributed by atoms with Crippen LogP contribution in [0.3, 0.4) is 0 Å². The molecule has 1 fully saturated rings. The number of imidazole rings is 1. The molecule has 8 nitrogen and oxygen atoms in total. The molecule has 3 heterocycles. The van der Waals surface area contributed by atoms with Gasteiger partial charge in [-0.3, -0.25) is 0 Å². The number of fused-ring (bicyclic) bond motifs is 2. The summed E-state index contributed by atoms with van der Waals surface area (Å²) >= 11 is 1.54. The van der Waals surface area contributed by atoms with Crippen LogP contribution in [0, 0.1) is 0 Å². The molecule has 9 heteroatoms. The molecule has 4 N–H and O–H groups in total. The Morgan fingerprint density at radius 3 is 3.00 bits per heavy atom. The van der Waals surface area contributed by atoms with Gasteiger partial charge in [0.15, 0.2) is 33.7 Å². The van der Waals surface area contributed by atoms with Crippen LogP contribution >= 0.6 is 11.8 Å². The van der Waals surface area contributed by atoms with E-state index in [1.807, 2.05) is 16.7 Å². The maximum atomic E-state index is 5.92. The van der Waals surface area contributed by atoms with Crippen molar-refractivity contribution in [2.75, 3.05) is 19.1 Å². The fourth-order valence-corrected chi connectivity index (χ4v) is 3.70. The minimum absolute atomic E-state index is 0.0204. The second-order valence-corrected chi connectivity index (χ2v) is 6.43. The van der Waals surface area contributed by atoms with Gasteiger partial charge < -0.3 is 25.5 Å².